The number of ether oxygens (including phenoxy) is 1. The van der Waals surface area contributed by atoms with Gasteiger partial charge in [-0.3, -0.25) is 4.79 Å². The first-order valence-corrected chi connectivity index (χ1v) is 8.43. The van der Waals surface area contributed by atoms with Crippen molar-refractivity contribution in [2.45, 2.75) is 13.0 Å². The third kappa shape index (κ3) is 4.42. The molecule has 7 nitrogen and oxygen atoms in total. The van der Waals surface area contributed by atoms with Crippen molar-refractivity contribution in [2.24, 2.45) is 0 Å². The minimum absolute atomic E-state index is 0.0755. The first-order chi connectivity index (χ1) is 12.1. The van der Waals surface area contributed by atoms with E-state index in [0.717, 1.165) is 15.7 Å². The summed E-state index contributed by atoms with van der Waals surface area (Å²) in [5, 5.41) is 13.9. The van der Waals surface area contributed by atoms with Crippen LogP contribution in [0.2, 0.25) is 0 Å². The fourth-order valence-corrected chi connectivity index (χ4v) is 2.96. The molecule has 0 fully saturated rings. The molecule has 3 rings (SSSR count). The Balaban J connectivity index is 1.58. The van der Waals surface area contributed by atoms with E-state index in [4.69, 9.17) is 4.74 Å². The number of hydrogen-bond acceptors (Lipinski definition) is 5. The largest absolute Gasteiger partial charge is 0.484 e. The SMILES string of the molecule is C[C@H](NC(=O)COc1cccc(-n2cnnn2)c1)c1ccccc1Br. The zero-order valence-electron chi connectivity index (χ0n) is 13.5. The number of halogens is 1. The van der Waals surface area contributed by atoms with Gasteiger partial charge in [0.05, 0.1) is 11.7 Å². The molecule has 0 saturated heterocycles. The molecule has 0 bridgehead atoms. The normalized spacial score (nSPS) is 11.8. The van der Waals surface area contributed by atoms with Gasteiger partial charge in [0.15, 0.2) is 6.61 Å². The van der Waals surface area contributed by atoms with Crippen LogP contribution >= 0.6 is 15.9 Å². The van der Waals surface area contributed by atoms with Crippen LogP contribution in [0.15, 0.2) is 59.3 Å². The molecule has 0 spiro atoms. The molecule has 0 saturated carbocycles. The quantitative estimate of drug-likeness (QED) is 0.686. The first-order valence-electron chi connectivity index (χ1n) is 7.63. The van der Waals surface area contributed by atoms with Crippen molar-refractivity contribution in [3.8, 4) is 11.4 Å². The molecular formula is C17H16BrN5O2. The molecule has 128 valence electrons. The third-order valence-corrected chi connectivity index (χ3v) is 4.27. The summed E-state index contributed by atoms with van der Waals surface area (Å²) in [6.45, 7) is 1.85. The van der Waals surface area contributed by atoms with Gasteiger partial charge in [-0.1, -0.05) is 40.2 Å². The molecule has 2 aromatic carbocycles. The minimum Gasteiger partial charge on any atom is -0.484 e. The monoisotopic (exact) mass is 401 g/mol. The van der Waals surface area contributed by atoms with Crippen molar-refractivity contribution in [2.75, 3.05) is 6.61 Å². The number of carbonyl (C=O) groups is 1. The predicted molar refractivity (Wildman–Crippen MR) is 95.3 cm³/mol. The maximum absolute atomic E-state index is 12.1. The molecule has 1 N–H and O–H groups in total. The molecule has 8 heteroatoms. The lowest BCUT2D eigenvalue weighted by atomic mass is 10.1. The Bertz CT molecular complexity index is 854. The van der Waals surface area contributed by atoms with E-state index in [1.165, 1.54) is 11.0 Å². The molecule has 0 aliphatic rings. The van der Waals surface area contributed by atoms with Crippen molar-refractivity contribution in [1.29, 1.82) is 0 Å². The molecule has 1 aromatic heterocycles. The zero-order chi connectivity index (χ0) is 17.6. The average Bonchev–Trinajstić information content (AvgIpc) is 3.15. The zero-order valence-corrected chi connectivity index (χ0v) is 15.0. The second kappa shape index (κ2) is 7.89. The van der Waals surface area contributed by atoms with E-state index in [1.54, 1.807) is 12.1 Å². The molecule has 0 unspecified atom stereocenters. The van der Waals surface area contributed by atoms with E-state index in [-0.39, 0.29) is 18.6 Å². The van der Waals surface area contributed by atoms with E-state index in [1.807, 2.05) is 43.3 Å². The number of benzene rings is 2. The van der Waals surface area contributed by atoms with Gasteiger partial charge in [-0.25, -0.2) is 4.68 Å². The average molecular weight is 402 g/mol. The van der Waals surface area contributed by atoms with Crippen molar-refractivity contribution < 1.29 is 9.53 Å². The lowest BCUT2D eigenvalue weighted by Crippen LogP contribution is -2.31. The Morgan fingerprint density at radius 2 is 2.12 bits per heavy atom. The second-order valence-electron chi connectivity index (χ2n) is 5.35. The van der Waals surface area contributed by atoms with Gasteiger partial charge in [0.25, 0.3) is 5.91 Å². The summed E-state index contributed by atoms with van der Waals surface area (Å²) in [6, 6.07) is 14.8. The van der Waals surface area contributed by atoms with Crippen LogP contribution in [-0.4, -0.2) is 32.7 Å². The maximum atomic E-state index is 12.1. The number of rotatable bonds is 6. The van der Waals surface area contributed by atoms with E-state index in [0.29, 0.717) is 5.75 Å². The number of tetrazole rings is 1. The van der Waals surface area contributed by atoms with Gasteiger partial charge >= 0.3 is 0 Å². The summed E-state index contributed by atoms with van der Waals surface area (Å²) in [7, 11) is 0. The Morgan fingerprint density at radius 3 is 2.88 bits per heavy atom. The molecule has 25 heavy (non-hydrogen) atoms. The van der Waals surface area contributed by atoms with E-state index >= 15 is 0 Å². The van der Waals surface area contributed by atoms with Crippen molar-refractivity contribution in [3.05, 3.63) is 64.9 Å². The molecule has 0 aliphatic heterocycles. The first kappa shape index (κ1) is 17.1. The molecule has 1 atom stereocenters. The summed E-state index contributed by atoms with van der Waals surface area (Å²) in [4.78, 5) is 12.1. The summed E-state index contributed by atoms with van der Waals surface area (Å²) in [5.41, 5.74) is 1.76. The van der Waals surface area contributed by atoms with Crippen LogP contribution in [0, 0.1) is 0 Å². The summed E-state index contributed by atoms with van der Waals surface area (Å²) in [6.07, 6.45) is 1.49. The van der Waals surface area contributed by atoms with E-state index in [2.05, 4.69) is 36.8 Å². The van der Waals surface area contributed by atoms with Crippen LogP contribution < -0.4 is 10.1 Å². The Labute approximate surface area is 153 Å². The molecule has 0 radical (unpaired) electrons. The van der Waals surface area contributed by atoms with Gasteiger partial charge in [0.2, 0.25) is 0 Å². The van der Waals surface area contributed by atoms with Crippen LogP contribution in [-0.2, 0) is 4.79 Å². The predicted octanol–water partition coefficient (Wildman–Crippen LogP) is 2.68. The molecule has 1 heterocycles. The van der Waals surface area contributed by atoms with Gasteiger partial charge in [0, 0.05) is 10.5 Å². The minimum atomic E-state index is -0.198. The Hall–Kier alpha value is -2.74. The molecule has 3 aromatic rings. The molecule has 1 amide bonds. The van der Waals surface area contributed by atoms with Gasteiger partial charge in [0.1, 0.15) is 12.1 Å². The fraction of sp³-hybridized carbons (Fsp3) is 0.176. The summed E-state index contributed by atoms with van der Waals surface area (Å²) < 4.78 is 8.04. The number of nitrogens with zero attached hydrogens (tertiary/aromatic N) is 4. The van der Waals surface area contributed by atoms with Crippen LogP contribution in [0.25, 0.3) is 5.69 Å². The maximum Gasteiger partial charge on any atom is 0.258 e. The Kier molecular flexibility index (Phi) is 5.39. The lowest BCUT2D eigenvalue weighted by Gasteiger charge is -2.16. The topological polar surface area (TPSA) is 81.9 Å². The number of aromatic nitrogens is 4. The highest BCUT2D eigenvalue weighted by atomic mass is 79.9. The van der Waals surface area contributed by atoms with Crippen LogP contribution in [0.4, 0.5) is 0 Å². The lowest BCUT2D eigenvalue weighted by molar-refractivity contribution is -0.123. The second-order valence-corrected chi connectivity index (χ2v) is 6.21. The van der Waals surface area contributed by atoms with Crippen LogP contribution in [0.5, 0.6) is 5.75 Å². The number of amides is 1. The standard InChI is InChI=1S/C17H16BrN5O2/c1-12(15-7-2-3-8-16(15)18)20-17(24)10-25-14-6-4-5-13(9-14)23-11-19-21-22-23/h2-9,11-12H,10H2,1H3,(H,20,24)/t12-/m0/s1. The molecule has 0 aliphatic carbocycles. The number of carbonyl (C=O) groups excluding carboxylic acids is 1. The highest BCUT2D eigenvalue weighted by Crippen LogP contribution is 2.22. The third-order valence-electron chi connectivity index (χ3n) is 3.55. The van der Waals surface area contributed by atoms with Crippen LogP contribution in [0.1, 0.15) is 18.5 Å². The summed E-state index contributed by atoms with van der Waals surface area (Å²) in [5.74, 6) is 0.368. The Morgan fingerprint density at radius 1 is 1.28 bits per heavy atom. The van der Waals surface area contributed by atoms with Crippen molar-refractivity contribution >= 4 is 21.8 Å². The van der Waals surface area contributed by atoms with Gasteiger partial charge < -0.3 is 10.1 Å². The van der Waals surface area contributed by atoms with Gasteiger partial charge in [-0.05, 0) is 41.1 Å². The van der Waals surface area contributed by atoms with Crippen molar-refractivity contribution in [3.63, 3.8) is 0 Å². The molecular weight excluding hydrogens is 386 g/mol. The van der Waals surface area contributed by atoms with Crippen molar-refractivity contribution in [1.82, 2.24) is 25.5 Å². The van der Waals surface area contributed by atoms with Gasteiger partial charge in [-0.2, -0.15) is 0 Å². The highest BCUT2D eigenvalue weighted by molar-refractivity contribution is 9.10. The highest BCUT2D eigenvalue weighted by Gasteiger charge is 2.12. The number of hydrogen-bond donors (Lipinski definition) is 1. The number of nitrogens with one attached hydrogen (secondary N) is 1. The van der Waals surface area contributed by atoms with E-state index in [9.17, 15) is 4.79 Å². The van der Waals surface area contributed by atoms with E-state index < -0.39 is 0 Å². The smallest absolute Gasteiger partial charge is 0.258 e. The van der Waals surface area contributed by atoms with Crippen LogP contribution in [0.3, 0.4) is 0 Å². The van der Waals surface area contributed by atoms with Gasteiger partial charge in [-0.15, -0.1) is 5.10 Å². The fourth-order valence-electron chi connectivity index (χ4n) is 2.33. The summed E-state index contributed by atoms with van der Waals surface area (Å²) >= 11 is 3.49.